The van der Waals surface area contributed by atoms with Gasteiger partial charge in [0.2, 0.25) is 5.91 Å². The first-order valence-corrected chi connectivity index (χ1v) is 7.09. The van der Waals surface area contributed by atoms with Crippen molar-refractivity contribution in [1.29, 1.82) is 0 Å². The number of anilines is 2. The molecular formula is C15H23N3O. The summed E-state index contributed by atoms with van der Waals surface area (Å²) in [6.07, 6.45) is 5.00. The third kappa shape index (κ3) is 4.24. The average molecular weight is 261 g/mol. The molecule has 1 aromatic carbocycles. The van der Waals surface area contributed by atoms with Crippen LogP contribution in [-0.2, 0) is 4.79 Å². The SMILES string of the molecule is CCC(=O)Nc1cccc(NC2CCCC(N)C2)c1. The van der Waals surface area contributed by atoms with Gasteiger partial charge in [-0.05, 0) is 43.9 Å². The zero-order chi connectivity index (χ0) is 13.7. The molecule has 4 N–H and O–H groups in total. The van der Waals surface area contributed by atoms with Gasteiger partial charge in [-0.15, -0.1) is 0 Å². The van der Waals surface area contributed by atoms with Gasteiger partial charge in [0.15, 0.2) is 0 Å². The molecule has 4 nitrogen and oxygen atoms in total. The Labute approximate surface area is 114 Å². The van der Waals surface area contributed by atoms with E-state index in [2.05, 4.69) is 10.6 Å². The van der Waals surface area contributed by atoms with Crippen molar-refractivity contribution in [1.82, 2.24) is 0 Å². The summed E-state index contributed by atoms with van der Waals surface area (Å²) in [6.45, 7) is 1.85. The molecule has 2 atom stereocenters. The summed E-state index contributed by atoms with van der Waals surface area (Å²) in [7, 11) is 0. The predicted octanol–water partition coefficient (Wildman–Crippen LogP) is 2.72. The fraction of sp³-hybridized carbons (Fsp3) is 0.533. The Morgan fingerprint density at radius 2 is 2.16 bits per heavy atom. The van der Waals surface area contributed by atoms with Gasteiger partial charge >= 0.3 is 0 Å². The van der Waals surface area contributed by atoms with E-state index in [4.69, 9.17) is 5.73 Å². The minimum Gasteiger partial charge on any atom is -0.382 e. The Morgan fingerprint density at radius 1 is 1.37 bits per heavy atom. The number of rotatable bonds is 4. The second-order valence-electron chi connectivity index (χ2n) is 5.25. The van der Waals surface area contributed by atoms with E-state index in [1.54, 1.807) is 0 Å². The maximum Gasteiger partial charge on any atom is 0.224 e. The summed E-state index contributed by atoms with van der Waals surface area (Å²) in [5.74, 6) is 0.0387. The lowest BCUT2D eigenvalue weighted by molar-refractivity contribution is -0.115. The summed E-state index contributed by atoms with van der Waals surface area (Å²) in [5, 5.41) is 6.39. The molecule has 0 radical (unpaired) electrons. The smallest absolute Gasteiger partial charge is 0.224 e. The van der Waals surface area contributed by atoms with Gasteiger partial charge in [0.05, 0.1) is 0 Å². The number of nitrogens with one attached hydrogen (secondary N) is 2. The van der Waals surface area contributed by atoms with Crippen molar-refractivity contribution in [3.63, 3.8) is 0 Å². The number of amides is 1. The first-order valence-electron chi connectivity index (χ1n) is 7.09. The van der Waals surface area contributed by atoms with Crippen LogP contribution in [0.25, 0.3) is 0 Å². The van der Waals surface area contributed by atoms with Crippen LogP contribution in [0, 0.1) is 0 Å². The molecule has 0 saturated heterocycles. The van der Waals surface area contributed by atoms with Gasteiger partial charge in [-0.1, -0.05) is 13.0 Å². The predicted molar refractivity (Wildman–Crippen MR) is 79.2 cm³/mol. The number of nitrogens with two attached hydrogens (primary N) is 1. The molecule has 2 unspecified atom stereocenters. The quantitative estimate of drug-likeness (QED) is 0.780. The monoisotopic (exact) mass is 261 g/mol. The maximum absolute atomic E-state index is 11.4. The van der Waals surface area contributed by atoms with Gasteiger partial charge in [-0.25, -0.2) is 0 Å². The molecule has 0 aliphatic heterocycles. The van der Waals surface area contributed by atoms with Crippen molar-refractivity contribution in [3.05, 3.63) is 24.3 Å². The van der Waals surface area contributed by atoms with Crippen molar-refractivity contribution in [2.24, 2.45) is 5.73 Å². The molecule has 1 amide bonds. The molecule has 4 heteroatoms. The first-order chi connectivity index (χ1) is 9.17. The van der Waals surface area contributed by atoms with Crippen molar-refractivity contribution >= 4 is 17.3 Å². The third-order valence-corrected chi connectivity index (χ3v) is 3.55. The Kier molecular flexibility index (Phi) is 4.80. The number of benzene rings is 1. The Morgan fingerprint density at radius 3 is 2.89 bits per heavy atom. The van der Waals surface area contributed by atoms with Crippen LogP contribution in [0.4, 0.5) is 11.4 Å². The third-order valence-electron chi connectivity index (χ3n) is 3.55. The van der Waals surface area contributed by atoms with Crippen molar-refractivity contribution in [2.45, 2.75) is 51.1 Å². The zero-order valence-electron chi connectivity index (χ0n) is 11.5. The second-order valence-corrected chi connectivity index (χ2v) is 5.25. The molecule has 1 fully saturated rings. The van der Waals surface area contributed by atoms with Crippen molar-refractivity contribution < 1.29 is 4.79 Å². The van der Waals surface area contributed by atoms with Crippen LogP contribution in [0.15, 0.2) is 24.3 Å². The fourth-order valence-electron chi connectivity index (χ4n) is 2.53. The zero-order valence-corrected chi connectivity index (χ0v) is 11.5. The standard InChI is InChI=1S/C15H23N3O/c1-2-15(19)18-14-8-4-7-13(10-14)17-12-6-3-5-11(16)9-12/h4,7-8,10-12,17H,2-3,5-6,9,16H2,1H3,(H,18,19). The topological polar surface area (TPSA) is 67.2 Å². The summed E-state index contributed by atoms with van der Waals surface area (Å²) in [5.41, 5.74) is 7.89. The molecule has 1 aliphatic rings. The van der Waals surface area contributed by atoms with E-state index in [-0.39, 0.29) is 5.91 Å². The van der Waals surface area contributed by atoms with Crippen LogP contribution in [0.1, 0.15) is 39.0 Å². The van der Waals surface area contributed by atoms with E-state index >= 15 is 0 Å². The molecule has 1 aromatic rings. The van der Waals surface area contributed by atoms with Crippen LogP contribution in [0.5, 0.6) is 0 Å². The van der Waals surface area contributed by atoms with Crippen LogP contribution in [-0.4, -0.2) is 18.0 Å². The normalized spacial score (nSPS) is 22.8. The molecule has 104 valence electrons. The number of carbonyl (C=O) groups is 1. The lowest BCUT2D eigenvalue weighted by atomic mass is 9.91. The van der Waals surface area contributed by atoms with E-state index in [9.17, 15) is 4.79 Å². The minimum absolute atomic E-state index is 0.0387. The van der Waals surface area contributed by atoms with Gasteiger partial charge in [0, 0.05) is 29.9 Å². The van der Waals surface area contributed by atoms with E-state index in [1.807, 2.05) is 31.2 Å². The van der Waals surface area contributed by atoms with Gasteiger partial charge < -0.3 is 16.4 Å². The largest absolute Gasteiger partial charge is 0.382 e. The molecule has 0 bridgehead atoms. The van der Waals surface area contributed by atoms with Gasteiger partial charge in [0.25, 0.3) is 0 Å². The molecule has 0 heterocycles. The number of hydrogen-bond donors (Lipinski definition) is 3. The summed E-state index contributed by atoms with van der Waals surface area (Å²) in [6, 6.07) is 8.63. The highest BCUT2D eigenvalue weighted by Crippen LogP contribution is 2.22. The lowest BCUT2D eigenvalue weighted by Crippen LogP contribution is -2.34. The highest BCUT2D eigenvalue weighted by atomic mass is 16.1. The number of carbonyl (C=O) groups excluding carboxylic acids is 1. The van der Waals surface area contributed by atoms with Crippen LogP contribution in [0.3, 0.4) is 0 Å². The molecule has 2 rings (SSSR count). The van der Waals surface area contributed by atoms with Gasteiger partial charge in [0.1, 0.15) is 0 Å². The van der Waals surface area contributed by atoms with E-state index < -0.39 is 0 Å². The summed E-state index contributed by atoms with van der Waals surface area (Å²) < 4.78 is 0. The number of hydrogen-bond acceptors (Lipinski definition) is 3. The van der Waals surface area contributed by atoms with E-state index in [1.165, 1.54) is 12.8 Å². The summed E-state index contributed by atoms with van der Waals surface area (Å²) >= 11 is 0. The molecule has 0 aromatic heterocycles. The fourth-order valence-corrected chi connectivity index (χ4v) is 2.53. The van der Waals surface area contributed by atoms with E-state index in [0.29, 0.717) is 18.5 Å². The molecule has 0 spiro atoms. The highest BCUT2D eigenvalue weighted by Gasteiger charge is 2.18. The Hall–Kier alpha value is -1.55. The van der Waals surface area contributed by atoms with Crippen molar-refractivity contribution in [2.75, 3.05) is 10.6 Å². The van der Waals surface area contributed by atoms with Crippen LogP contribution < -0.4 is 16.4 Å². The van der Waals surface area contributed by atoms with Gasteiger partial charge in [-0.3, -0.25) is 4.79 Å². The molecule has 1 saturated carbocycles. The van der Waals surface area contributed by atoms with Crippen molar-refractivity contribution in [3.8, 4) is 0 Å². The molecule has 19 heavy (non-hydrogen) atoms. The first kappa shape index (κ1) is 13.9. The maximum atomic E-state index is 11.4. The highest BCUT2D eigenvalue weighted by molar-refractivity contribution is 5.90. The summed E-state index contributed by atoms with van der Waals surface area (Å²) in [4.78, 5) is 11.4. The molecule has 1 aliphatic carbocycles. The van der Waals surface area contributed by atoms with Gasteiger partial charge in [-0.2, -0.15) is 0 Å². The molecular weight excluding hydrogens is 238 g/mol. The van der Waals surface area contributed by atoms with Crippen LogP contribution >= 0.6 is 0 Å². The average Bonchev–Trinajstić information content (AvgIpc) is 2.39. The minimum atomic E-state index is 0.0387. The lowest BCUT2D eigenvalue weighted by Gasteiger charge is -2.28. The Bertz CT molecular complexity index is 433. The van der Waals surface area contributed by atoms with E-state index in [0.717, 1.165) is 24.2 Å². The Balaban J connectivity index is 1.96. The second kappa shape index (κ2) is 6.57. The van der Waals surface area contributed by atoms with Crippen LogP contribution in [0.2, 0.25) is 0 Å².